The summed E-state index contributed by atoms with van der Waals surface area (Å²) < 4.78 is 0. The summed E-state index contributed by atoms with van der Waals surface area (Å²) in [5, 5.41) is 23.9. The highest BCUT2D eigenvalue weighted by Gasteiger charge is 2.44. The van der Waals surface area contributed by atoms with E-state index in [2.05, 4.69) is 29.3 Å². The number of fused-ring (bicyclic) bond motifs is 1. The van der Waals surface area contributed by atoms with Gasteiger partial charge in [-0.1, -0.05) is 61.1 Å². The number of amides is 1. The number of hydrogen-bond acceptors (Lipinski definition) is 3. The van der Waals surface area contributed by atoms with Crippen molar-refractivity contribution < 1.29 is 15.0 Å². The van der Waals surface area contributed by atoms with Crippen LogP contribution in [0, 0.1) is 35.5 Å². The largest absolute Gasteiger partial charge is 0.392 e. The first-order valence-corrected chi connectivity index (χ1v) is 12.4. The average Bonchev–Trinajstić information content (AvgIpc) is 3.34. The molecule has 6 atom stereocenters. The van der Waals surface area contributed by atoms with E-state index in [1.807, 2.05) is 50.3 Å². The van der Waals surface area contributed by atoms with Crippen molar-refractivity contribution in [3.63, 3.8) is 0 Å². The molecule has 3 rings (SSSR count). The highest BCUT2D eigenvalue weighted by atomic mass is 16.3. The molecular weight excluding hydrogens is 410 g/mol. The summed E-state index contributed by atoms with van der Waals surface area (Å²) in [6.07, 6.45) is 11.3. The van der Waals surface area contributed by atoms with E-state index in [0.717, 1.165) is 37.7 Å². The smallest absolute Gasteiger partial charge is 0.220 e. The van der Waals surface area contributed by atoms with Crippen molar-refractivity contribution in [2.24, 2.45) is 23.7 Å². The van der Waals surface area contributed by atoms with Crippen LogP contribution in [0.2, 0.25) is 0 Å². The van der Waals surface area contributed by atoms with Crippen molar-refractivity contribution >= 4 is 5.91 Å². The standard InChI is InChI=1S/C29H39NO3/c1-3-4-10-21(2)27(31)16-15-25-26-18-23(17-24(26)19-28(25)32)13-8-9-14-29(33)30-20-22-11-6-5-7-12-22/h5-7,11-13,15-16,21,24-28,31-32H,8-10,14,17-20H2,1-2H3,(H,30,33)/t21-,24+,25-,26+,27-,28-/m1/s1. The summed E-state index contributed by atoms with van der Waals surface area (Å²) in [6, 6.07) is 9.97. The van der Waals surface area contributed by atoms with Crippen LogP contribution in [0.3, 0.4) is 0 Å². The average molecular weight is 450 g/mol. The van der Waals surface area contributed by atoms with E-state index in [-0.39, 0.29) is 23.8 Å². The van der Waals surface area contributed by atoms with E-state index in [1.165, 1.54) is 5.57 Å². The zero-order valence-corrected chi connectivity index (χ0v) is 20.0. The molecule has 0 aromatic heterocycles. The summed E-state index contributed by atoms with van der Waals surface area (Å²) in [4.78, 5) is 12.1. The fourth-order valence-corrected chi connectivity index (χ4v) is 5.21. The van der Waals surface area contributed by atoms with Crippen molar-refractivity contribution in [2.45, 2.75) is 77.5 Å². The third kappa shape index (κ3) is 7.59. The molecular formula is C29H39NO3. The monoisotopic (exact) mass is 449 g/mol. The molecule has 2 fully saturated rings. The van der Waals surface area contributed by atoms with Gasteiger partial charge >= 0.3 is 0 Å². The molecule has 0 saturated heterocycles. The molecule has 0 aliphatic heterocycles. The number of carbonyl (C=O) groups is 1. The van der Waals surface area contributed by atoms with Gasteiger partial charge < -0.3 is 15.5 Å². The van der Waals surface area contributed by atoms with Crippen LogP contribution in [0.15, 0.2) is 54.1 Å². The first kappa shape index (κ1) is 25.3. The van der Waals surface area contributed by atoms with Crippen molar-refractivity contribution in [1.29, 1.82) is 0 Å². The van der Waals surface area contributed by atoms with E-state index in [1.54, 1.807) is 0 Å². The lowest BCUT2D eigenvalue weighted by Gasteiger charge is -2.19. The molecule has 1 aromatic carbocycles. The number of aliphatic hydroxyl groups excluding tert-OH is 2. The Balaban J connectivity index is 1.41. The number of rotatable bonds is 10. The van der Waals surface area contributed by atoms with Gasteiger partial charge in [0, 0.05) is 25.3 Å². The van der Waals surface area contributed by atoms with Gasteiger partial charge in [-0.3, -0.25) is 4.79 Å². The molecule has 33 heavy (non-hydrogen) atoms. The molecule has 178 valence electrons. The van der Waals surface area contributed by atoms with Crippen LogP contribution in [0.4, 0.5) is 0 Å². The number of carbonyl (C=O) groups excluding carboxylic acids is 1. The number of allylic oxidation sites excluding steroid dienone is 2. The normalized spacial score (nSPS) is 27.2. The number of aliphatic hydroxyl groups is 2. The van der Waals surface area contributed by atoms with E-state index < -0.39 is 6.10 Å². The van der Waals surface area contributed by atoms with Gasteiger partial charge in [-0.2, -0.15) is 0 Å². The minimum atomic E-state index is -0.526. The van der Waals surface area contributed by atoms with Crippen LogP contribution in [0.25, 0.3) is 0 Å². The quantitative estimate of drug-likeness (QED) is 0.274. The molecule has 0 bridgehead atoms. The Labute approximate surface area is 199 Å². The predicted octanol–water partition coefficient (Wildman–Crippen LogP) is 4.77. The van der Waals surface area contributed by atoms with Crippen molar-refractivity contribution in [1.82, 2.24) is 5.32 Å². The van der Waals surface area contributed by atoms with Crippen molar-refractivity contribution in [3.05, 3.63) is 59.7 Å². The van der Waals surface area contributed by atoms with Gasteiger partial charge in [-0.15, -0.1) is 11.8 Å². The fraction of sp³-hybridized carbons (Fsp3) is 0.552. The second kappa shape index (κ2) is 12.8. The Kier molecular flexibility index (Phi) is 9.78. The second-order valence-corrected chi connectivity index (χ2v) is 9.71. The van der Waals surface area contributed by atoms with Crippen LogP contribution in [-0.2, 0) is 11.3 Å². The molecule has 1 aromatic rings. The molecule has 0 unspecified atom stereocenters. The molecule has 0 heterocycles. The van der Waals surface area contributed by atoms with Gasteiger partial charge in [-0.05, 0) is 62.3 Å². The third-order valence-electron chi connectivity index (χ3n) is 7.20. The molecule has 4 nitrogen and oxygen atoms in total. The molecule has 0 radical (unpaired) electrons. The van der Waals surface area contributed by atoms with E-state index in [9.17, 15) is 15.0 Å². The SMILES string of the molecule is CC#CC[C@@H](C)[C@H](O)C=C[C@@H]1[C@H]2CC(=CCCCC(=O)NCc3ccccc3)C[C@H]2C[C@H]1O. The lowest BCUT2D eigenvalue weighted by Crippen LogP contribution is -2.22. The van der Waals surface area contributed by atoms with Gasteiger partial charge in [0.25, 0.3) is 0 Å². The first-order valence-electron chi connectivity index (χ1n) is 12.4. The van der Waals surface area contributed by atoms with Crippen LogP contribution in [0.1, 0.15) is 64.4 Å². The van der Waals surface area contributed by atoms with Crippen LogP contribution < -0.4 is 5.32 Å². The molecule has 2 saturated carbocycles. The zero-order chi connectivity index (χ0) is 23.6. The fourth-order valence-electron chi connectivity index (χ4n) is 5.21. The second-order valence-electron chi connectivity index (χ2n) is 9.71. The summed E-state index contributed by atoms with van der Waals surface area (Å²) in [6.45, 7) is 4.41. The van der Waals surface area contributed by atoms with Crippen LogP contribution in [0.5, 0.6) is 0 Å². The maximum atomic E-state index is 12.1. The van der Waals surface area contributed by atoms with Gasteiger partial charge in [0.05, 0.1) is 12.2 Å². The summed E-state index contributed by atoms with van der Waals surface area (Å²) in [7, 11) is 0. The number of benzene rings is 1. The molecule has 0 spiro atoms. The third-order valence-corrected chi connectivity index (χ3v) is 7.20. The molecule has 1 amide bonds. The van der Waals surface area contributed by atoms with Gasteiger partial charge in [0.2, 0.25) is 5.91 Å². The first-order chi connectivity index (χ1) is 16.0. The van der Waals surface area contributed by atoms with Crippen LogP contribution >= 0.6 is 0 Å². The number of hydrogen-bond donors (Lipinski definition) is 3. The Morgan fingerprint density at radius 2 is 2.06 bits per heavy atom. The number of unbranched alkanes of at least 4 members (excludes halogenated alkanes) is 1. The maximum absolute atomic E-state index is 12.1. The highest BCUT2D eigenvalue weighted by Crippen LogP contribution is 2.50. The van der Waals surface area contributed by atoms with Gasteiger partial charge in [0.1, 0.15) is 0 Å². The minimum absolute atomic E-state index is 0.0898. The summed E-state index contributed by atoms with van der Waals surface area (Å²) in [5.74, 6) is 7.19. The zero-order valence-electron chi connectivity index (χ0n) is 20.0. The molecule has 4 heteroatoms. The van der Waals surface area contributed by atoms with E-state index in [0.29, 0.717) is 31.2 Å². The molecule has 2 aliphatic rings. The highest BCUT2D eigenvalue weighted by molar-refractivity contribution is 5.75. The van der Waals surface area contributed by atoms with E-state index in [4.69, 9.17) is 0 Å². The Hall–Kier alpha value is -2.35. The molecule has 3 N–H and O–H groups in total. The summed E-state index contributed by atoms with van der Waals surface area (Å²) in [5.41, 5.74) is 2.58. The van der Waals surface area contributed by atoms with Crippen LogP contribution in [-0.4, -0.2) is 28.3 Å². The lowest BCUT2D eigenvalue weighted by molar-refractivity contribution is -0.121. The maximum Gasteiger partial charge on any atom is 0.220 e. The topological polar surface area (TPSA) is 69.6 Å². The lowest BCUT2D eigenvalue weighted by atomic mass is 9.89. The molecule has 2 aliphatic carbocycles. The Bertz CT molecular complexity index is 879. The minimum Gasteiger partial charge on any atom is -0.392 e. The predicted molar refractivity (Wildman–Crippen MR) is 133 cm³/mol. The van der Waals surface area contributed by atoms with Crippen molar-refractivity contribution in [2.75, 3.05) is 0 Å². The Morgan fingerprint density at radius 3 is 2.82 bits per heavy atom. The van der Waals surface area contributed by atoms with Gasteiger partial charge in [0.15, 0.2) is 0 Å². The summed E-state index contributed by atoms with van der Waals surface area (Å²) >= 11 is 0. The number of nitrogens with one attached hydrogen (secondary N) is 1. The van der Waals surface area contributed by atoms with Crippen molar-refractivity contribution in [3.8, 4) is 11.8 Å². The van der Waals surface area contributed by atoms with Gasteiger partial charge in [-0.25, -0.2) is 0 Å². The van der Waals surface area contributed by atoms with E-state index >= 15 is 0 Å². The Morgan fingerprint density at radius 1 is 1.27 bits per heavy atom.